The topological polar surface area (TPSA) is 46.8 Å². The monoisotopic (exact) mass is 323 g/mol. The molecule has 0 aliphatic heterocycles. The maximum absolute atomic E-state index is 5.29. The normalized spacial score (nSPS) is 10.4. The molecule has 0 aliphatic rings. The van der Waals surface area contributed by atoms with Crippen LogP contribution in [-0.4, -0.2) is 27.0 Å². The average molecular weight is 323 g/mol. The fourth-order valence-electron chi connectivity index (χ4n) is 2.25. The number of aromatic nitrogens is 4. The second kappa shape index (κ2) is 7.07. The van der Waals surface area contributed by atoms with Crippen LogP contribution in [0.3, 0.4) is 0 Å². The standard InChI is InChI=1S/C17H17N5S/c1-3-9-22-13-15(11-18-22)12-21(2)17-20-19-16(23-17)10-14-7-5-4-6-8-14/h1,4-8,11,13H,9-10,12H2,2H3. The van der Waals surface area contributed by atoms with Gasteiger partial charge in [-0.1, -0.05) is 47.6 Å². The first-order valence-electron chi connectivity index (χ1n) is 7.27. The second-order valence-electron chi connectivity index (χ2n) is 5.25. The molecule has 5 nitrogen and oxygen atoms in total. The number of benzene rings is 1. The van der Waals surface area contributed by atoms with E-state index in [2.05, 4.69) is 38.2 Å². The molecule has 116 valence electrons. The van der Waals surface area contributed by atoms with Crippen molar-refractivity contribution in [3.63, 3.8) is 0 Å². The van der Waals surface area contributed by atoms with Crippen LogP contribution in [-0.2, 0) is 19.5 Å². The van der Waals surface area contributed by atoms with Crippen molar-refractivity contribution in [2.24, 2.45) is 0 Å². The molecule has 0 fully saturated rings. The largest absolute Gasteiger partial charge is 0.345 e. The highest BCUT2D eigenvalue weighted by Gasteiger charge is 2.11. The minimum atomic E-state index is 0.490. The summed E-state index contributed by atoms with van der Waals surface area (Å²) in [6, 6.07) is 10.3. The summed E-state index contributed by atoms with van der Waals surface area (Å²) in [5.41, 5.74) is 2.34. The Kier molecular flexibility index (Phi) is 4.69. The van der Waals surface area contributed by atoms with Crippen molar-refractivity contribution >= 4 is 16.5 Å². The molecule has 0 saturated heterocycles. The van der Waals surface area contributed by atoms with Crippen molar-refractivity contribution in [3.05, 3.63) is 58.9 Å². The van der Waals surface area contributed by atoms with E-state index in [-0.39, 0.29) is 0 Å². The number of nitrogens with zero attached hydrogens (tertiary/aromatic N) is 5. The van der Waals surface area contributed by atoms with Crippen LogP contribution in [0.2, 0.25) is 0 Å². The molecular weight excluding hydrogens is 306 g/mol. The van der Waals surface area contributed by atoms with Gasteiger partial charge in [0.05, 0.1) is 6.20 Å². The van der Waals surface area contributed by atoms with Crippen molar-refractivity contribution in [1.29, 1.82) is 0 Å². The first kappa shape index (κ1) is 15.3. The van der Waals surface area contributed by atoms with Crippen molar-refractivity contribution in [1.82, 2.24) is 20.0 Å². The van der Waals surface area contributed by atoms with Gasteiger partial charge >= 0.3 is 0 Å². The fourth-order valence-corrected chi connectivity index (χ4v) is 3.08. The zero-order chi connectivity index (χ0) is 16.1. The smallest absolute Gasteiger partial charge is 0.208 e. The zero-order valence-electron chi connectivity index (χ0n) is 12.9. The SMILES string of the molecule is C#CCn1cc(CN(C)c2nnc(Cc3ccccc3)s2)cn1. The lowest BCUT2D eigenvalue weighted by atomic mass is 10.2. The molecule has 1 aromatic carbocycles. The Balaban J connectivity index is 1.63. The van der Waals surface area contributed by atoms with Gasteiger partial charge in [-0.15, -0.1) is 16.6 Å². The number of rotatable bonds is 6. The summed E-state index contributed by atoms with van der Waals surface area (Å²) in [5, 5.41) is 14.7. The molecule has 0 bridgehead atoms. The van der Waals surface area contributed by atoms with E-state index >= 15 is 0 Å². The van der Waals surface area contributed by atoms with E-state index in [4.69, 9.17) is 6.42 Å². The Labute approximate surface area is 139 Å². The molecule has 0 unspecified atom stereocenters. The molecule has 23 heavy (non-hydrogen) atoms. The molecule has 3 rings (SSSR count). The van der Waals surface area contributed by atoms with Crippen LogP contribution in [0, 0.1) is 12.3 Å². The van der Waals surface area contributed by atoms with E-state index in [0.29, 0.717) is 6.54 Å². The van der Waals surface area contributed by atoms with E-state index in [1.54, 1.807) is 16.0 Å². The van der Waals surface area contributed by atoms with Crippen LogP contribution < -0.4 is 4.90 Å². The summed E-state index contributed by atoms with van der Waals surface area (Å²) in [6.45, 7) is 1.22. The molecule has 0 amide bonds. The summed E-state index contributed by atoms with van der Waals surface area (Å²) in [7, 11) is 2.01. The van der Waals surface area contributed by atoms with E-state index in [1.165, 1.54) is 5.56 Å². The van der Waals surface area contributed by atoms with E-state index in [0.717, 1.165) is 28.7 Å². The Morgan fingerprint density at radius 1 is 1.22 bits per heavy atom. The second-order valence-corrected chi connectivity index (χ2v) is 6.29. The molecular formula is C17H17N5S. The van der Waals surface area contributed by atoms with E-state index in [9.17, 15) is 0 Å². The van der Waals surface area contributed by atoms with Gasteiger partial charge in [0.15, 0.2) is 0 Å². The van der Waals surface area contributed by atoms with Crippen LogP contribution in [0.15, 0.2) is 42.7 Å². The molecule has 3 aromatic rings. The van der Waals surface area contributed by atoms with Crippen LogP contribution >= 0.6 is 11.3 Å². The maximum atomic E-state index is 5.29. The van der Waals surface area contributed by atoms with Crippen LogP contribution in [0.1, 0.15) is 16.1 Å². The highest BCUT2D eigenvalue weighted by atomic mass is 32.1. The fraction of sp³-hybridized carbons (Fsp3) is 0.235. The first-order chi connectivity index (χ1) is 11.2. The van der Waals surface area contributed by atoms with Crippen LogP contribution in [0.5, 0.6) is 0 Å². The van der Waals surface area contributed by atoms with Gasteiger partial charge in [0.25, 0.3) is 0 Å². The van der Waals surface area contributed by atoms with Gasteiger partial charge in [-0.2, -0.15) is 5.10 Å². The number of hydrogen-bond acceptors (Lipinski definition) is 5. The third-order valence-corrected chi connectivity index (χ3v) is 4.38. The van der Waals surface area contributed by atoms with Gasteiger partial charge in [0, 0.05) is 31.8 Å². The first-order valence-corrected chi connectivity index (χ1v) is 8.08. The van der Waals surface area contributed by atoms with Gasteiger partial charge in [-0.05, 0) is 5.56 Å². The summed E-state index contributed by atoms with van der Waals surface area (Å²) in [4.78, 5) is 2.07. The van der Waals surface area contributed by atoms with Crippen LogP contribution in [0.25, 0.3) is 0 Å². The summed E-state index contributed by atoms with van der Waals surface area (Å²) in [6.07, 6.45) is 9.90. The maximum Gasteiger partial charge on any atom is 0.208 e. The average Bonchev–Trinajstić information content (AvgIpc) is 3.18. The Hall–Kier alpha value is -2.65. The Morgan fingerprint density at radius 2 is 2.04 bits per heavy atom. The van der Waals surface area contributed by atoms with Gasteiger partial charge < -0.3 is 4.90 Å². The highest BCUT2D eigenvalue weighted by Crippen LogP contribution is 2.22. The highest BCUT2D eigenvalue weighted by molar-refractivity contribution is 7.15. The van der Waals surface area contributed by atoms with Crippen molar-refractivity contribution in [2.75, 3.05) is 11.9 Å². The lowest BCUT2D eigenvalue weighted by Gasteiger charge is -2.13. The molecule has 2 aromatic heterocycles. The minimum absolute atomic E-state index is 0.490. The van der Waals surface area contributed by atoms with Gasteiger partial charge in [-0.25, -0.2) is 0 Å². The number of anilines is 1. The zero-order valence-corrected chi connectivity index (χ0v) is 13.7. The summed E-state index contributed by atoms with van der Waals surface area (Å²) < 4.78 is 1.75. The summed E-state index contributed by atoms with van der Waals surface area (Å²) in [5.74, 6) is 2.58. The quantitative estimate of drug-likeness (QED) is 0.654. The van der Waals surface area contributed by atoms with Gasteiger partial charge in [0.1, 0.15) is 11.6 Å². The molecule has 0 radical (unpaired) electrons. The molecule has 0 N–H and O–H groups in total. The van der Waals surface area contributed by atoms with Gasteiger partial charge in [-0.3, -0.25) is 4.68 Å². The molecule has 0 saturated carbocycles. The van der Waals surface area contributed by atoms with Gasteiger partial charge in [0.2, 0.25) is 5.13 Å². The predicted molar refractivity (Wildman–Crippen MR) is 92.3 cm³/mol. The molecule has 0 spiro atoms. The number of hydrogen-bond donors (Lipinski definition) is 0. The molecule has 6 heteroatoms. The minimum Gasteiger partial charge on any atom is -0.345 e. The molecule has 0 aliphatic carbocycles. The summed E-state index contributed by atoms with van der Waals surface area (Å²) >= 11 is 1.62. The third-order valence-electron chi connectivity index (χ3n) is 3.34. The lowest BCUT2D eigenvalue weighted by Crippen LogP contribution is -2.15. The third kappa shape index (κ3) is 3.96. The van der Waals surface area contributed by atoms with E-state index in [1.807, 2.05) is 37.6 Å². The molecule has 2 heterocycles. The predicted octanol–water partition coefficient (Wildman–Crippen LogP) is 2.60. The van der Waals surface area contributed by atoms with Crippen molar-refractivity contribution in [2.45, 2.75) is 19.5 Å². The number of terminal acetylenes is 1. The van der Waals surface area contributed by atoms with Crippen molar-refractivity contribution in [3.8, 4) is 12.3 Å². The Bertz CT molecular complexity index is 800. The van der Waals surface area contributed by atoms with E-state index < -0.39 is 0 Å². The Morgan fingerprint density at radius 3 is 2.83 bits per heavy atom. The van der Waals surface area contributed by atoms with Crippen molar-refractivity contribution < 1.29 is 0 Å². The lowest BCUT2D eigenvalue weighted by molar-refractivity contribution is 0.714. The van der Waals surface area contributed by atoms with Crippen LogP contribution in [0.4, 0.5) is 5.13 Å². The molecule has 0 atom stereocenters.